The first-order valence-corrected chi connectivity index (χ1v) is 9.89. The van der Waals surface area contributed by atoms with Crippen molar-refractivity contribution in [2.45, 2.75) is 10.0 Å². The van der Waals surface area contributed by atoms with Gasteiger partial charge < -0.3 is 14.7 Å². The van der Waals surface area contributed by atoms with Gasteiger partial charge >= 0.3 is 10.1 Å². The number of Topliss-reactive ketones (excluding diaryl/α,β-unsaturated/α-hetero) is 1. The summed E-state index contributed by atoms with van der Waals surface area (Å²) in [6, 6.07) is 13.5. The van der Waals surface area contributed by atoms with Gasteiger partial charge in [-0.1, -0.05) is 42.5 Å². The molecule has 2 aromatic rings. The van der Waals surface area contributed by atoms with Crippen molar-refractivity contribution in [1.82, 2.24) is 0 Å². The Balaban J connectivity index is 1.93. The van der Waals surface area contributed by atoms with Crippen LogP contribution < -0.4 is 5.73 Å². The van der Waals surface area contributed by atoms with Crippen LogP contribution in [0.15, 0.2) is 66.2 Å². The van der Waals surface area contributed by atoms with Crippen molar-refractivity contribution < 1.29 is 26.5 Å². The lowest BCUT2D eigenvalue weighted by Gasteiger charge is -2.25. The summed E-state index contributed by atoms with van der Waals surface area (Å²) in [5.74, 6) is -2.27. The molecule has 11 heteroatoms. The Hall–Kier alpha value is -2.68. The van der Waals surface area contributed by atoms with E-state index in [1.165, 1.54) is 47.8 Å². The Morgan fingerprint density at radius 2 is 1.64 bits per heavy atom. The number of carbonyl (C=O) groups excluding carboxylic acids is 1. The molecular weight excluding hydrogens is 382 g/mol. The third-order valence-corrected chi connectivity index (χ3v) is 6.73. The second-order valence-electron chi connectivity index (χ2n) is 7.08. The second-order valence-corrected chi connectivity index (χ2v) is 9.17. The first-order valence-electron chi connectivity index (χ1n) is 8.48. The highest BCUT2D eigenvalue weighted by molar-refractivity contribution is 7.90. The molecule has 1 atom stereocenters. The molecule has 0 fully saturated rings. The van der Waals surface area contributed by atoms with Gasteiger partial charge in [-0.15, -0.1) is 0 Å². The Bertz CT molecular complexity index is 1060. The Morgan fingerprint density at radius 1 is 1.07 bits per heavy atom. The van der Waals surface area contributed by atoms with Crippen molar-refractivity contribution in [2.24, 2.45) is 5.73 Å². The van der Waals surface area contributed by atoms with Crippen LogP contribution in [0.1, 0.15) is 11.1 Å². The first-order chi connectivity index (χ1) is 13.0. The molecule has 0 radical (unpaired) electrons. The van der Waals surface area contributed by atoms with E-state index in [4.69, 9.17) is 14.7 Å². The van der Waals surface area contributed by atoms with Crippen molar-refractivity contribution in [3.63, 3.8) is 0 Å². The molecule has 0 saturated carbocycles. The number of rotatable bonds is 5. The van der Waals surface area contributed by atoms with Crippen molar-refractivity contribution in [3.05, 3.63) is 83.2 Å². The van der Waals surface area contributed by atoms with Crippen molar-refractivity contribution in [3.8, 4) is 0 Å². The first kappa shape index (κ1) is 20.1. The van der Waals surface area contributed by atoms with E-state index in [0.29, 0.717) is 11.1 Å². The summed E-state index contributed by atoms with van der Waals surface area (Å²) in [6.45, 7) is 0. The number of hydrogen-bond acceptors (Lipinski definition) is 6. The fraction of sp³-hybridized carbons (Fsp3) is 0.118. The molecule has 2 aromatic carbocycles. The lowest BCUT2D eigenvalue weighted by atomic mass is 9.65. The molecule has 6 nitrogen and oxygen atoms in total. The number of nitrogens with two attached hydrogens (primary N) is 1. The van der Waals surface area contributed by atoms with Gasteiger partial charge in [0.2, 0.25) is 17.4 Å². The summed E-state index contributed by atoms with van der Waals surface area (Å²) < 4.78 is 48.2. The van der Waals surface area contributed by atoms with Crippen LogP contribution in [0.2, 0.25) is 0 Å². The molecule has 1 aliphatic heterocycles. The third-order valence-electron chi connectivity index (χ3n) is 4.86. The lowest BCUT2D eigenvalue weighted by molar-refractivity contribution is -0.126. The number of benzene rings is 2. The minimum Gasteiger partial charge on any atom is -0.467 e. The van der Waals surface area contributed by atoms with Crippen LogP contribution in [0.5, 0.6) is 0 Å². The Morgan fingerprint density at radius 3 is 2.21 bits per heavy atom. The maximum atomic E-state index is 13.2. The second kappa shape index (κ2) is 6.74. The van der Waals surface area contributed by atoms with Crippen molar-refractivity contribution in [2.75, 3.05) is 0 Å². The van der Waals surface area contributed by atoms with Crippen molar-refractivity contribution >= 4 is 39.4 Å². The quantitative estimate of drug-likeness (QED) is 0.500. The number of ether oxygens (including phenoxy) is 1. The minimum absolute atomic E-state index is 0.320. The van der Waals surface area contributed by atoms with Gasteiger partial charge in [-0.05, 0) is 23.3 Å². The van der Waals surface area contributed by atoms with Gasteiger partial charge in [0.25, 0.3) is 0 Å². The van der Waals surface area contributed by atoms with Gasteiger partial charge in [-0.3, -0.25) is 4.79 Å². The van der Waals surface area contributed by atoms with Crippen molar-refractivity contribution in [1.29, 1.82) is 0 Å². The number of carbonyl (C=O) groups is 1. The fourth-order valence-corrected chi connectivity index (χ4v) is 3.89. The number of ketones is 1. The molecule has 28 heavy (non-hydrogen) atoms. The van der Waals surface area contributed by atoms with E-state index in [-0.39, 0.29) is 0 Å². The average molecular weight is 399 g/mol. The molecular formula is C17H17B3FNO5S. The molecule has 1 aliphatic rings. The van der Waals surface area contributed by atoms with Crippen LogP contribution in [0.4, 0.5) is 4.39 Å². The van der Waals surface area contributed by atoms with Gasteiger partial charge in [0.1, 0.15) is 21.5 Å². The van der Waals surface area contributed by atoms with Gasteiger partial charge in [0.15, 0.2) is 13.3 Å². The van der Waals surface area contributed by atoms with E-state index in [1.807, 2.05) is 0 Å². The molecule has 0 spiro atoms. The van der Waals surface area contributed by atoms with Crippen LogP contribution in [0, 0.1) is 5.82 Å². The molecule has 0 aliphatic carbocycles. The average Bonchev–Trinajstić information content (AvgIpc) is 2.86. The maximum absolute atomic E-state index is 13.2. The van der Waals surface area contributed by atoms with E-state index >= 15 is 0 Å². The fourth-order valence-electron chi connectivity index (χ4n) is 2.88. The standard InChI is InChI=1S/C17H17B3FNO5S/c18-16(10-6-8-12(21)9-7-10)14(23)13(15(22)26-16)27-28(24,25)17(19,20)11-4-2-1-3-5-11/h1-9H,18-20,22H2/t16-/m0/s1. The zero-order valence-corrected chi connectivity index (χ0v) is 16.4. The molecule has 1 heterocycles. The van der Waals surface area contributed by atoms with Crippen LogP contribution in [-0.4, -0.2) is 37.7 Å². The van der Waals surface area contributed by atoms with E-state index in [9.17, 15) is 17.6 Å². The van der Waals surface area contributed by atoms with Crippen LogP contribution in [0.25, 0.3) is 0 Å². The zero-order valence-electron chi connectivity index (χ0n) is 15.6. The number of halogens is 1. The largest absolute Gasteiger partial charge is 0.467 e. The van der Waals surface area contributed by atoms with Crippen LogP contribution in [-0.2, 0) is 33.9 Å². The minimum atomic E-state index is -4.30. The van der Waals surface area contributed by atoms with E-state index < -0.39 is 43.4 Å². The molecule has 142 valence electrons. The van der Waals surface area contributed by atoms with Gasteiger partial charge in [-0.2, -0.15) is 8.42 Å². The highest BCUT2D eigenvalue weighted by atomic mass is 32.2. The molecule has 3 rings (SSSR count). The summed E-state index contributed by atoms with van der Waals surface area (Å²) in [5.41, 5.74) is 4.97. The summed E-state index contributed by atoms with van der Waals surface area (Å²) >= 11 is 0. The summed E-state index contributed by atoms with van der Waals surface area (Å²) in [4.78, 5) is 12.9. The van der Waals surface area contributed by atoms with Gasteiger partial charge in [-0.25, -0.2) is 4.39 Å². The summed E-state index contributed by atoms with van der Waals surface area (Å²) in [6.07, 6.45) is 0. The van der Waals surface area contributed by atoms with E-state index in [1.54, 1.807) is 30.3 Å². The van der Waals surface area contributed by atoms with E-state index in [0.717, 1.165) is 0 Å². The smallest absolute Gasteiger partial charge is 0.304 e. The monoisotopic (exact) mass is 399 g/mol. The molecule has 0 aromatic heterocycles. The Kier molecular flexibility index (Phi) is 4.83. The van der Waals surface area contributed by atoms with Crippen LogP contribution >= 0.6 is 0 Å². The predicted octanol–water partition coefficient (Wildman–Crippen LogP) is -1.24. The third kappa shape index (κ3) is 3.19. The maximum Gasteiger partial charge on any atom is 0.304 e. The van der Waals surface area contributed by atoms with Gasteiger partial charge in [0, 0.05) is 0 Å². The van der Waals surface area contributed by atoms with Gasteiger partial charge in [0.05, 0.1) is 4.55 Å². The molecule has 0 bridgehead atoms. The zero-order chi connectivity index (χ0) is 20.7. The highest BCUT2D eigenvalue weighted by Crippen LogP contribution is 2.37. The lowest BCUT2D eigenvalue weighted by Crippen LogP contribution is -2.40. The summed E-state index contributed by atoms with van der Waals surface area (Å²) in [7, 11) is 0.0498. The Labute approximate surface area is 165 Å². The molecule has 2 N–H and O–H groups in total. The molecule has 0 amide bonds. The number of hydrogen-bond donors (Lipinski definition) is 1. The SMILES string of the molecule is BC(B)(c1ccccc1)S(=O)(=O)OC1=C(N)O[C@@](B)(c2ccc(F)cc2)C1=O. The highest BCUT2D eigenvalue weighted by Gasteiger charge is 2.50. The molecule has 0 unspecified atom stereocenters. The topological polar surface area (TPSA) is 95.7 Å². The predicted molar refractivity (Wildman–Crippen MR) is 109 cm³/mol. The normalized spacial score (nSPS) is 20.1. The van der Waals surface area contributed by atoms with Crippen LogP contribution in [0.3, 0.4) is 0 Å². The van der Waals surface area contributed by atoms with E-state index in [2.05, 4.69) is 0 Å². The summed E-state index contributed by atoms with van der Waals surface area (Å²) in [5, 5.41) is 0. The molecule has 0 saturated heterocycles.